The molecular weight excluding hydrogens is 368 g/mol. The highest BCUT2D eigenvalue weighted by atomic mass is 16.5. The number of nitrogens with one attached hydrogen (secondary N) is 3. The number of aromatic amines is 1. The lowest BCUT2D eigenvalue weighted by Crippen LogP contribution is -2.38. The van der Waals surface area contributed by atoms with E-state index < -0.39 is 0 Å². The van der Waals surface area contributed by atoms with Crippen molar-refractivity contribution in [2.24, 2.45) is 4.99 Å². The number of rotatable bonds is 9. The molecule has 0 unspecified atom stereocenters. The van der Waals surface area contributed by atoms with Crippen LogP contribution in [0.4, 0.5) is 0 Å². The molecule has 2 heterocycles. The third-order valence-electron chi connectivity index (χ3n) is 4.28. The van der Waals surface area contributed by atoms with E-state index >= 15 is 0 Å². The first-order valence-corrected chi connectivity index (χ1v) is 9.81. The number of hydrogen-bond acceptors (Lipinski definition) is 5. The number of ether oxygens (including phenoxy) is 1. The number of guanidine groups is 1. The molecule has 8 nitrogen and oxygen atoms in total. The summed E-state index contributed by atoms with van der Waals surface area (Å²) in [6.45, 7) is 6.17. The van der Waals surface area contributed by atoms with Crippen LogP contribution >= 0.6 is 0 Å². The molecule has 0 spiro atoms. The normalized spacial score (nSPS) is 11.5. The molecule has 0 radical (unpaired) electrons. The minimum Gasteiger partial charge on any atom is -0.493 e. The molecule has 1 aromatic carbocycles. The summed E-state index contributed by atoms with van der Waals surface area (Å²) in [4.78, 5) is 8.72. The van der Waals surface area contributed by atoms with E-state index in [0.717, 1.165) is 29.5 Å². The molecule has 0 bridgehead atoms. The van der Waals surface area contributed by atoms with Gasteiger partial charge in [-0.3, -0.25) is 10.1 Å². The predicted octanol–water partition coefficient (Wildman–Crippen LogP) is 3.07. The number of aliphatic imine (C=N–C) groups is 1. The topological polar surface area (TPSA) is 100 Å². The molecule has 0 fully saturated rings. The predicted molar refractivity (Wildman–Crippen MR) is 113 cm³/mol. The molecule has 0 aliphatic carbocycles. The third-order valence-corrected chi connectivity index (χ3v) is 4.28. The zero-order valence-electron chi connectivity index (χ0n) is 17.2. The number of aromatic nitrogens is 3. The fourth-order valence-corrected chi connectivity index (χ4v) is 2.78. The fourth-order valence-electron chi connectivity index (χ4n) is 2.78. The van der Waals surface area contributed by atoms with Crippen molar-refractivity contribution < 1.29 is 9.15 Å². The fraction of sp³-hybridized carbons (Fsp3) is 0.381. The smallest absolute Gasteiger partial charge is 0.216 e. The number of nitrogens with zero attached hydrogens (tertiary/aromatic N) is 3. The van der Waals surface area contributed by atoms with E-state index in [-0.39, 0.29) is 0 Å². The Morgan fingerprint density at radius 2 is 2.17 bits per heavy atom. The van der Waals surface area contributed by atoms with Crippen LogP contribution in [-0.2, 0) is 13.0 Å². The van der Waals surface area contributed by atoms with Crippen LogP contribution in [0.25, 0.3) is 11.6 Å². The monoisotopic (exact) mass is 396 g/mol. The Kier molecular flexibility index (Phi) is 7.27. The van der Waals surface area contributed by atoms with Crippen LogP contribution in [0.3, 0.4) is 0 Å². The Bertz CT molecular complexity index is 917. The maximum Gasteiger partial charge on any atom is 0.216 e. The Balaban J connectivity index is 1.49. The summed E-state index contributed by atoms with van der Waals surface area (Å²) < 4.78 is 11.2. The highest BCUT2D eigenvalue weighted by molar-refractivity contribution is 5.79. The van der Waals surface area contributed by atoms with Gasteiger partial charge in [-0.25, -0.2) is 4.98 Å². The van der Waals surface area contributed by atoms with Crippen molar-refractivity contribution in [2.45, 2.75) is 33.2 Å². The minimum atomic E-state index is 0.562. The molecule has 0 saturated carbocycles. The van der Waals surface area contributed by atoms with Crippen molar-refractivity contribution in [1.29, 1.82) is 0 Å². The van der Waals surface area contributed by atoms with E-state index in [1.165, 1.54) is 5.56 Å². The second-order valence-corrected chi connectivity index (χ2v) is 6.65. The Morgan fingerprint density at radius 3 is 2.93 bits per heavy atom. The van der Waals surface area contributed by atoms with Gasteiger partial charge in [0.15, 0.2) is 11.7 Å². The van der Waals surface area contributed by atoms with Crippen LogP contribution in [0.1, 0.15) is 30.3 Å². The first-order valence-electron chi connectivity index (χ1n) is 9.81. The molecule has 3 rings (SSSR count). The summed E-state index contributed by atoms with van der Waals surface area (Å²) in [5.41, 5.74) is 2.29. The van der Waals surface area contributed by atoms with Crippen LogP contribution in [0.15, 0.2) is 46.0 Å². The second kappa shape index (κ2) is 10.3. The summed E-state index contributed by atoms with van der Waals surface area (Å²) in [6.07, 6.45) is 3.27. The van der Waals surface area contributed by atoms with E-state index in [9.17, 15) is 0 Å². The van der Waals surface area contributed by atoms with E-state index in [2.05, 4.69) is 62.9 Å². The van der Waals surface area contributed by atoms with Crippen molar-refractivity contribution in [1.82, 2.24) is 25.8 Å². The molecule has 3 aromatic rings. The van der Waals surface area contributed by atoms with E-state index in [0.29, 0.717) is 37.7 Å². The molecule has 0 atom stereocenters. The van der Waals surface area contributed by atoms with Crippen LogP contribution in [0, 0.1) is 6.92 Å². The van der Waals surface area contributed by atoms with Crippen molar-refractivity contribution in [3.8, 4) is 17.3 Å². The van der Waals surface area contributed by atoms with Gasteiger partial charge in [-0.2, -0.15) is 5.10 Å². The van der Waals surface area contributed by atoms with Crippen LogP contribution < -0.4 is 15.4 Å². The van der Waals surface area contributed by atoms with Crippen molar-refractivity contribution in [3.63, 3.8) is 0 Å². The van der Waals surface area contributed by atoms with Gasteiger partial charge in [0, 0.05) is 32.1 Å². The lowest BCUT2D eigenvalue weighted by molar-refractivity contribution is 0.313. The molecule has 0 amide bonds. The van der Waals surface area contributed by atoms with Crippen molar-refractivity contribution in [2.75, 3.05) is 20.2 Å². The lowest BCUT2D eigenvalue weighted by Gasteiger charge is -2.15. The molecule has 8 heteroatoms. The van der Waals surface area contributed by atoms with E-state index in [4.69, 9.17) is 9.15 Å². The Labute approximate surface area is 170 Å². The average Bonchev–Trinajstić information content (AvgIpc) is 3.41. The second-order valence-electron chi connectivity index (χ2n) is 6.65. The van der Waals surface area contributed by atoms with Gasteiger partial charge in [0.05, 0.1) is 12.9 Å². The van der Waals surface area contributed by atoms with Gasteiger partial charge in [-0.1, -0.05) is 19.1 Å². The summed E-state index contributed by atoms with van der Waals surface area (Å²) in [5, 5.41) is 13.7. The van der Waals surface area contributed by atoms with E-state index in [1.54, 1.807) is 13.3 Å². The maximum atomic E-state index is 5.88. The zero-order chi connectivity index (χ0) is 20.5. The number of H-pyrrole nitrogens is 1. The minimum absolute atomic E-state index is 0.562. The Hall–Kier alpha value is -3.29. The zero-order valence-corrected chi connectivity index (χ0v) is 17.2. The van der Waals surface area contributed by atoms with Crippen LogP contribution in [0.2, 0.25) is 0 Å². The molecule has 2 aromatic heterocycles. The summed E-state index contributed by atoms with van der Waals surface area (Å²) in [7, 11) is 1.75. The number of aryl methyl sites for hydroxylation is 1. The standard InChI is InChI=1S/C21H28N6O2/c1-4-11-28-18-13-15(2)7-8-16(18)14-24-21(22-3)23-10-9-19-25-20(27-26-19)17-6-5-12-29-17/h5-8,12-13H,4,9-11,14H2,1-3H3,(H2,22,23,24)(H,25,26,27). The van der Waals surface area contributed by atoms with Crippen LogP contribution in [0.5, 0.6) is 5.75 Å². The quantitative estimate of drug-likeness (QED) is 0.380. The Morgan fingerprint density at radius 1 is 1.28 bits per heavy atom. The summed E-state index contributed by atoms with van der Waals surface area (Å²) in [6, 6.07) is 9.90. The highest BCUT2D eigenvalue weighted by Crippen LogP contribution is 2.20. The molecule has 0 aliphatic heterocycles. The van der Waals surface area contributed by atoms with Gasteiger partial charge in [0.25, 0.3) is 0 Å². The first-order chi connectivity index (χ1) is 14.2. The van der Waals surface area contributed by atoms with Gasteiger partial charge in [0.2, 0.25) is 5.82 Å². The lowest BCUT2D eigenvalue weighted by atomic mass is 10.1. The highest BCUT2D eigenvalue weighted by Gasteiger charge is 2.09. The van der Waals surface area contributed by atoms with Gasteiger partial charge in [-0.05, 0) is 37.1 Å². The molecule has 0 saturated heterocycles. The van der Waals surface area contributed by atoms with Gasteiger partial charge >= 0.3 is 0 Å². The van der Waals surface area contributed by atoms with Crippen molar-refractivity contribution >= 4 is 5.96 Å². The van der Waals surface area contributed by atoms with Crippen LogP contribution in [-0.4, -0.2) is 41.3 Å². The number of hydrogen-bond donors (Lipinski definition) is 3. The largest absolute Gasteiger partial charge is 0.493 e. The molecule has 0 aliphatic rings. The van der Waals surface area contributed by atoms with Gasteiger partial charge in [0.1, 0.15) is 11.6 Å². The molecule has 154 valence electrons. The summed E-state index contributed by atoms with van der Waals surface area (Å²) >= 11 is 0. The molecular formula is C21H28N6O2. The number of furan rings is 1. The number of benzene rings is 1. The van der Waals surface area contributed by atoms with Gasteiger partial charge in [-0.15, -0.1) is 0 Å². The summed E-state index contributed by atoms with van der Waals surface area (Å²) in [5.74, 6) is 3.64. The van der Waals surface area contributed by atoms with E-state index in [1.807, 2.05) is 12.1 Å². The SMILES string of the molecule is CCCOc1cc(C)ccc1CNC(=NC)NCCc1nc(-c2ccco2)n[nH]1. The average molecular weight is 396 g/mol. The first kappa shape index (κ1) is 20.4. The van der Waals surface area contributed by atoms with Crippen molar-refractivity contribution in [3.05, 3.63) is 53.5 Å². The molecule has 3 N–H and O–H groups in total. The maximum absolute atomic E-state index is 5.88. The molecule has 29 heavy (non-hydrogen) atoms. The van der Waals surface area contributed by atoms with Gasteiger partial charge < -0.3 is 19.8 Å². The third kappa shape index (κ3) is 5.84.